The minimum Gasteiger partial charge on any atom is -0.325 e. The zero-order valence-corrected chi connectivity index (χ0v) is 17.2. The molecule has 0 atom stereocenters. The molecule has 0 aliphatic rings. The van der Waals surface area contributed by atoms with Crippen LogP contribution in [0.2, 0.25) is 0 Å². The standard InChI is InChI=1S/C12H22Br4O/c1-5-9(6-2)11(13,14)17-12(15,16)10(7-3)8-4/h9-10H,5-8H2,1-4H3. The van der Waals surface area contributed by atoms with E-state index in [2.05, 4.69) is 91.4 Å². The Kier molecular flexibility index (Phi) is 9.14. The van der Waals surface area contributed by atoms with Crippen LogP contribution in [0.5, 0.6) is 0 Å². The van der Waals surface area contributed by atoms with Gasteiger partial charge in [-0.05, 0) is 89.4 Å². The summed E-state index contributed by atoms with van der Waals surface area (Å²) in [6, 6.07) is 0. The Bertz CT molecular complexity index is 189. The highest BCUT2D eigenvalue weighted by atomic mass is 79.9. The van der Waals surface area contributed by atoms with Crippen LogP contribution in [-0.4, -0.2) is 6.84 Å². The first-order valence-electron chi connectivity index (χ1n) is 6.20. The van der Waals surface area contributed by atoms with E-state index in [0.717, 1.165) is 25.7 Å². The van der Waals surface area contributed by atoms with E-state index in [1.54, 1.807) is 0 Å². The van der Waals surface area contributed by atoms with Gasteiger partial charge in [-0.2, -0.15) is 0 Å². The van der Waals surface area contributed by atoms with Gasteiger partial charge in [-0.3, -0.25) is 0 Å². The average Bonchev–Trinajstić information content (AvgIpc) is 2.18. The maximum absolute atomic E-state index is 6.18. The molecule has 0 radical (unpaired) electrons. The molecule has 0 heterocycles. The summed E-state index contributed by atoms with van der Waals surface area (Å²) in [5.74, 6) is 0.845. The molecule has 0 aliphatic heterocycles. The molecular weight excluding hydrogens is 480 g/mol. The molecule has 5 heteroatoms. The van der Waals surface area contributed by atoms with Crippen molar-refractivity contribution >= 4 is 63.7 Å². The Hall–Kier alpha value is 1.88. The predicted octanol–water partition coefficient (Wildman–Crippen LogP) is 6.76. The van der Waals surface area contributed by atoms with Gasteiger partial charge in [0.15, 0.2) is 6.84 Å². The quantitative estimate of drug-likeness (QED) is 0.334. The first kappa shape index (κ1) is 18.9. The highest BCUT2D eigenvalue weighted by molar-refractivity contribution is 9.26. The van der Waals surface area contributed by atoms with E-state index >= 15 is 0 Å². The molecular formula is C12H22Br4O. The van der Waals surface area contributed by atoms with Crippen LogP contribution in [0.4, 0.5) is 0 Å². The minimum absolute atomic E-state index is 0.423. The minimum atomic E-state index is -0.487. The Morgan fingerprint density at radius 1 is 0.706 bits per heavy atom. The second-order valence-electron chi connectivity index (χ2n) is 4.25. The molecule has 0 aromatic heterocycles. The smallest absolute Gasteiger partial charge is 0.183 e. The predicted molar refractivity (Wildman–Crippen MR) is 90.4 cm³/mol. The van der Waals surface area contributed by atoms with Gasteiger partial charge in [0.25, 0.3) is 0 Å². The summed E-state index contributed by atoms with van der Waals surface area (Å²) < 4.78 is 5.21. The van der Waals surface area contributed by atoms with E-state index in [1.807, 2.05) is 0 Å². The van der Waals surface area contributed by atoms with E-state index in [-0.39, 0.29) is 0 Å². The lowest BCUT2D eigenvalue weighted by Gasteiger charge is -2.38. The van der Waals surface area contributed by atoms with Gasteiger partial charge in [0.1, 0.15) is 0 Å². The Labute approximate surface area is 139 Å². The van der Waals surface area contributed by atoms with Gasteiger partial charge in [-0.25, -0.2) is 0 Å². The number of ether oxygens (including phenoxy) is 1. The summed E-state index contributed by atoms with van der Waals surface area (Å²) in [7, 11) is 0. The van der Waals surface area contributed by atoms with Crippen LogP contribution in [0, 0.1) is 11.8 Å². The van der Waals surface area contributed by atoms with Gasteiger partial charge in [-0.1, -0.05) is 27.7 Å². The fraction of sp³-hybridized carbons (Fsp3) is 1.00. The third kappa shape index (κ3) is 5.80. The van der Waals surface area contributed by atoms with E-state index in [9.17, 15) is 0 Å². The molecule has 0 amide bonds. The lowest BCUT2D eigenvalue weighted by Crippen LogP contribution is -2.38. The Morgan fingerprint density at radius 2 is 0.941 bits per heavy atom. The van der Waals surface area contributed by atoms with Crippen molar-refractivity contribution in [2.24, 2.45) is 11.8 Å². The number of halogens is 4. The zero-order valence-electron chi connectivity index (χ0n) is 10.9. The molecule has 0 aliphatic carbocycles. The lowest BCUT2D eigenvalue weighted by molar-refractivity contribution is -0.00222. The van der Waals surface area contributed by atoms with Crippen LogP contribution in [0.15, 0.2) is 0 Å². The third-order valence-corrected chi connectivity index (χ3v) is 6.43. The van der Waals surface area contributed by atoms with Crippen molar-refractivity contribution in [3.05, 3.63) is 0 Å². The average molecular weight is 502 g/mol. The Morgan fingerprint density at radius 3 is 1.12 bits per heavy atom. The highest BCUT2D eigenvalue weighted by Gasteiger charge is 2.43. The molecule has 104 valence electrons. The number of hydrogen-bond acceptors (Lipinski definition) is 1. The maximum atomic E-state index is 6.18. The van der Waals surface area contributed by atoms with Gasteiger partial charge < -0.3 is 4.74 Å². The zero-order chi connectivity index (χ0) is 13.7. The van der Waals surface area contributed by atoms with E-state index < -0.39 is 6.84 Å². The first-order valence-corrected chi connectivity index (χ1v) is 9.37. The molecule has 1 nitrogen and oxygen atoms in total. The number of hydrogen-bond donors (Lipinski definition) is 0. The fourth-order valence-electron chi connectivity index (χ4n) is 1.88. The maximum Gasteiger partial charge on any atom is 0.183 e. The first-order chi connectivity index (χ1) is 7.75. The summed E-state index contributed by atoms with van der Waals surface area (Å²) in [5.41, 5.74) is 0. The third-order valence-electron chi connectivity index (χ3n) is 3.19. The molecule has 0 rings (SSSR count). The van der Waals surface area contributed by atoms with Crippen LogP contribution < -0.4 is 0 Å². The largest absolute Gasteiger partial charge is 0.325 e. The molecule has 0 saturated heterocycles. The summed E-state index contributed by atoms with van der Waals surface area (Å²) in [6.45, 7) is 8.71. The molecule has 0 spiro atoms. The number of rotatable bonds is 8. The van der Waals surface area contributed by atoms with Crippen molar-refractivity contribution in [2.45, 2.75) is 60.2 Å². The van der Waals surface area contributed by atoms with Crippen molar-refractivity contribution in [3.63, 3.8) is 0 Å². The Balaban J connectivity index is 4.78. The fourth-order valence-corrected chi connectivity index (χ4v) is 6.36. The van der Waals surface area contributed by atoms with Crippen molar-refractivity contribution < 1.29 is 4.74 Å². The molecule has 0 aromatic carbocycles. The van der Waals surface area contributed by atoms with Gasteiger partial charge in [0.2, 0.25) is 0 Å². The molecule has 17 heavy (non-hydrogen) atoms. The van der Waals surface area contributed by atoms with Crippen LogP contribution in [0.25, 0.3) is 0 Å². The summed E-state index contributed by atoms with van der Waals surface area (Å²) in [4.78, 5) is 0. The molecule has 0 bridgehead atoms. The van der Waals surface area contributed by atoms with Crippen molar-refractivity contribution in [1.29, 1.82) is 0 Å². The van der Waals surface area contributed by atoms with Gasteiger partial charge in [0, 0.05) is 11.8 Å². The molecule has 0 fully saturated rings. The number of alkyl halides is 4. The van der Waals surface area contributed by atoms with Crippen molar-refractivity contribution in [3.8, 4) is 0 Å². The van der Waals surface area contributed by atoms with E-state index in [4.69, 9.17) is 4.74 Å². The van der Waals surface area contributed by atoms with Crippen LogP contribution in [0.1, 0.15) is 53.4 Å². The summed E-state index contributed by atoms with van der Waals surface area (Å²) in [6.07, 6.45) is 4.25. The van der Waals surface area contributed by atoms with Gasteiger partial charge >= 0.3 is 0 Å². The highest BCUT2D eigenvalue weighted by Crippen LogP contribution is 2.50. The second kappa shape index (κ2) is 8.23. The summed E-state index contributed by atoms with van der Waals surface area (Å²) >= 11 is 14.7. The molecule has 0 aromatic rings. The van der Waals surface area contributed by atoms with Crippen LogP contribution in [-0.2, 0) is 4.74 Å². The van der Waals surface area contributed by atoms with E-state index in [0.29, 0.717) is 11.8 Å². The molecule has 0 saturated carbocycles. The van der Waals surface area contributed by atoms with Gasteiger partial charge in [-0.15, -0.1) is 0 Å². The second-order valence-corrected chi connectivity index (χ2v) is 11.1. The lowest BCUT2D eigenvalue weighted by atomic mass is 10.0. The molecule has 0 unspecified atom stereocenters. The van der Waals surface area contributed by atoms with Crippen LogP contribution >= 0.6 is 63.7 Å². The van der Waals surface area contributed by atoms with Gasteiger partial charge in [0.05, 0.1) is 0 Å². The van der Waals surface area contributed by atoms with Crippen molar-refractivity contribution in [1.82, 2.24) is 0 Å². The van der Waals surface area contributed by atoms with Crippen molar-refractivity contribution in [2.75, 3.05) is 0 Å². The summed E-state index contributed by atoms with van der Waals surface area (Å²) in [5, 5.41) is 0. The van der Waals surface area contributed by atoms with E-state index in [1.165, 1.54) is 0 Å². The SMILES string of the molecule is CCC(CC)C(Br)(Br)OC(Br)(Br)C(CC)CC. The normalized spacial score (nSPS) is 13.8. The monoisotopic (exact) mass is 498 g/mol. The topological polar surface area (TPSA) is 9.23 Å². The molecule has 0 N–H and O–H groups in total. The van der Waals surface area contributed by atoms with Crippen LogP contribution in [0.3, 0.4) is 0 Å².